The summed E-state index contributed by atoms with van der Waals surface area (Å²) in [7, 11) is -3.79. The number of anilines is 1. The Morgan fingerprint density at radius 3 is 2.11 bits per heavy atom. The molecule has 0 saturated carbocycles. The molecule has 0 N–H and O–H groups in total. The molecule has 1 saturated heterocycles. The SMILES string of the molecule is CC.CC(Oc1ccc(S(C)(=O)=O)cc1C(=O)N1CCN(c2ncc(C(F)(F)F)cc2Cl)CC1)C(F)(F)F. The van der Waals surface area contributed by atoms with Gasteiger partial charge in [-0.25, -0.2) is 13.4 Å². The van der Waals surface area contributed by atoms with Gasteiger partial charge in [0.05, 0.1) is 21.0 Å². The lowest BCUT2D eigenvalue weighted by atomic mass is 10.1. The number of carbonyl (C=O) groups excluding carboxylic acids is 1. The number of sulfone groups is 1. The number of nitrogens with zero attached hydrogens (tertiary/aromatic N) is 3. The number of halogens is 7. The molecule has 1 aliphatic rings. The van der Waals surface area contributed by atoms with Gasteiger partial charge in [0.1, 0.15) is 11.6 Å². The van der Waals surface area contributed by atoms with E-state index in [1.165, 1.54) is 4.90 Å². The fourth-order valence-electron chi connectivity index (χ4n) is 3.38. The van der Waals surface area contributed by atoms with E-state index in [0.29, 0.717) is 6.20 Å². The Morgan fingerprint density at radius 2 is 1.63 bits per heavy atom. The summed E-state index contributed by atoms with van der Waals surface area (Å²) < 4.78 is 106. The number of carbonyl (C=O) groups is 1. The molecule has 38 heavy (non-hydrogen) atoms. The molecule has 2 aromatic rings. The molecule has 0 radical (unpaired) electrons. The molecule has 3 rings (SSSR count). The molecule has 15 heteroatoms. The van der Waals surface area contributed by atoms with E-state index in [2.05, 4.69) is 4.98 Å². The molecule has 212 valence electrons. The van der Waals surface area contributed by atoms with E-state index in [1.807, 2.05) is 13.8 Å². The van der Waals surface area contributed by atoms with E-state index in [4.69, 9.17) is 16.3 Å². The molecule has 1 aliphatic heterocycles. The number of hydrogen-bond acceptors (Lipinski definition) is 6. The van der Waals surface area contributed by atoms with E-state index in [9.17, 15) is 39.6 Å². The Labute approximate surface area is 221 Å². The zero-order chi connectivity index (χ0) is 29.1. The van der Waals surface area contributed by atoms with Gasteiger partial charge in [-0.05, 0) is 31.2 Å². The number of amides is 1. The zero-order valence-electron chi connectivity index (χ0n) is 20.8. The smallest absolute Gasteiger partial charge is 0.425 e. The minimum absolute atomic E-state index is 0.00916. The second-order valence-corrected chi connectivity index (χ2v) is 10.5. The van der Waals surface area contributed by atoms with Gasteiger partial charge in [0.15, 0.2) is 15.9 Å². The van der Waals surface area contributed by atoms with Crippen LogP contribution in [-0.2, 0) is 16.0 Å². The molecule has 1 aromatic heterocycles. The minimum Gasteiger partial charge on any atom is -0.480 e. The summed E-state index contributed by atoms with van der Waals surface area (Å²) in [5, 5.41) is -0.234. The maximum absolute atomic E-state index is 13.2. The van der Waals surface area contributed by atoms with E-state index >= 15 is 0 Å². The summed E-state index contributed by atoms with van der Waals surface area (Å²) in [5.74, 6) is -1.12. The van der Waals surface area contributed by atoms with Crippen molar-refractivity contribution in [3.8, 4) is 5.75 Å². The predicted molar refractivity (Wildman–Crippen MR) is 129 cm³/mol. The second-order valence-electron chi connectivity index (χ2n) is 8.04. The molecule has 0 bridgehead atoms. The number of benzene rings is 1. The van der Waals surface area contributed by atoms with Crippen LogP contribution < -0.4 is 9.64 Å². The molecule has 0 aliphatic carbocycles. The average molecular weight is 590 g/mol. The highest BCUT2D eigenvalue weighted by Gasteiger charge is 2.39. The van der Waals surface area contributed by atoms with Crippen molar-refractivity contribution in [1.82, 2.24) is 9.88 Å². The van der Waals surface area contributed by atoms with Crippen LogP contribution in [0.4, 0.5) is 32.2 Å². The number of hydrogen-bond donors (Lipinski definition) is 0. The quantitative estimate of drug-likeness (QED) is 0.430. The number of pyridine rings is 1. The number of alkyl halides is 6. The zero-order valence-corrected chi connectivity index (χ0v) is 22.4. The maximum Gasteiger partial charge on any atom is 0.425 e. The summed E-state index contributed by atoms with van der Waals surface area (Å²) in [4.78, 5) is 19.5. The van der Waals surface area contributed by atoms with Crippen LogP contribution in [0, 0.1) is 0 Å². The summed E-state index contributed by atoms with van der Waals surface area (Å²) in [6.07, 6.45) is -10.1. The lowest BCUT2D eigenvalue weighted by molar-refractivity contribution is -0.189. The van der Waals surface area contributed by atoms with Crippen LogP contribution in [0.5, 0.6) is 5.75 Å². The van der Waals surface area contributed by atoms with E-state index in [0.717, 1.165) is 37.4 Å². The monoisotopic (exact) mass is 589 g/mol. The summed E-state index contributed by atoms with van der Waals surface area (Å²) in [6.45, 7) is 4.97. The van der Waals surface area contributed by atoms with Crippen molar-refractivity contribution in [1.29, 1.82) is 0 Å². The van der Waals surface area contributed by atoms with Crippen molar-refractivity contribution in [2.75, 3.05) is 37.3 Å². The van der Waals surface area contributed by atoms with Crippen LogP contribution in [0.2, 0.25) is 5.02 Å². The van der Waals surface area contributed by atoms with Crippen LogP contribution in [0.1, 0.15) is 36.7 Å². The third-order valence-electron chi connectivity index (χ3n) is 5.39. The van der Waals surface area contributed by atoms with Gasteiger partial charge in [-0.2, -0.15) is 26.3 Å². The van der Waals surface area contributed by atoms with Gasteiger partial charge in [0, 0.05) is 38.6 Å². The molecular formula is C23H26ClF6N3O4S. The molecule has 1 amide bonds. The van der Waals surface area contributed by atoms with Crippen molar-refractivity contribution >= 4 is 33.2 Å². The van der Waals surface area contributed by atoms with Crippen molar-refractivity contribution in [3.05, 3.63) is 46.6 Å². The summed E-state index contributed by atoms with van der Waals surface area (Å²) in [5.41, 5.74) is -1.38. The van der Waals surface area contributed by atoms with Gasteiger partial charge in [0.2, 0.25) is 0 Å². The molecule has 1 fully saturated rings. The normalized spacial score (nSPS) is 15.4. The largest absolute Gasteiger partial charge is 0.480 e. The molecule has 1 aromatic carbocycles. The van der Waals surface area contributed by atoms with Gasteiger partial charge in [-0.15, -0.1) is 0 Å². The molecule has 2 heterocycles. The first-order valence-electron chi connectivity index (χ1n) is 11.3. The Balaban J connectivity index is 0.00000247. The van der Waals surface area contributed by atoms with E-state index < -0.39 is 45.5 Å². The fourth-order valence-corrected chi connectivity index (χ4v) is 4.31. The van der Waals surface area contributed by atoms with Gasteiger partial charge < -0.3 is 14.5 Å². The first kappa shape index (κ1) is 31.5. The van der Waals surface area contributed by atoms with Crippen LogP contribution >= 0.6 is 11.6 Å². The average Bonchev–Trinajstić information content (AvgIpc) is 2.83. The second kappa shape index (κ2) is 12.0. The summed E-state index contributed by atoms with van der Waals surface area (Å²) in [6, 6.07) is 3.73. The first-order valence-corrected chi connectivity index (χ1v) is 13.6. The van der Waals surface area contributed by atoms with Crippen molar-refractivity contribution in [2.24, 2.45) is 0 Å². The molecule has 0 spiro atoms. The van der Waals surface area contributed by atoms with Crippen molar-refractivity contribution in [2.45, 2.75) is 44.1 Å². The number of rotatable bonds is 5. The molecule has 7 nitrogen and oxygen atoms in total. The Kier molecular flexibility index (Phi) is 9.92. The molecule has 1 atom stereocenters. The van der Waals surface area contributed by atoms with Crippen molar-refractivity contribution in [3.63, 3.8) is 0 Å². The Hall–Kier alpha value is -2.74. The van der Waals surface area contributed by atoms with Crippen LogP contribution in [-0.4, -0.2) is 68.9 Å². The summed E-state index contributed by atoms with van der Waals surface area (Å²) >= 11 is 5.98. The molecule has 1 unspecified atom stereocenters. The third-order valence-corrected chi connectivity index (χ3v) is 6.78. The van der Waals surface area contributed by atoms with Crippen LogP contribution in [0.25, 0.3) is 0 Å². The highest BCUT2D eigenvalue weighted by molar-refractivity contribution is 7.90. The topological polar surface area (TPSA) is 79.8 Å². The van der Waals surface area contributed by atoms with Crippen LogP contribution in [0.3, 0.4) is 0 Å². The first-order chi connectivity index (χ1) is 17.5. The van der Waals surface area contributed by atoms with Crippen LogP contribution in [0.15, 0.2) is 35.4 Å². The lowest BCUT2D eigenvalue weighted by Gasteiger charge is -2.36. The molecular weight excluding hydrogens is 564 g/mol. The predicted octanol–water partition coefficient (Wildman–Crippen LogP) is 5.48. The number of aromatic nitrogens is 1. The standard InChI is InChI=1S/C21H20ClF6N3O4S.C2H6/c1-12(20(23,24)25)35-17-4-3-14(36(2,33)34)10-15(17)19(32)31-7-5-30(6-8-31)18-16(22)9-13(11-29-18)21(26,27)28;1-2/h3-4,9-12H,5-8H2,1-2H3;1-2H3. The number of piperazine rings is 1. The number of ether oxygens (including phenoxy) is 1. The maximum atomic E-state index is 13.2. The van der Waals surface area contributed by atoms with Gasteiger partial charge in [0.25, 0.3) is 5.91 Å². The van der Waals surface area contributed by atoms with Crippen molar-refractivity contribution < 1.29 is 44.3 Å². The fraction of sp³-hybridized carbons (Fsp3) is 0.478. The third kappa shape index (κ3) is 7.65. The minimum atomic E-state index is -4.73. The highest BCUT2D eigenvalue weighted by Crippen LogP contribution is 2.34. The van der Waals surface area contributed by atoms with Gasteiger partial charge in [-0.3, -0.25) is 4.79 Å². The highest BCUT2D eigenvalue weighted by atomic mass is 35.5. The van der Waals surface area contributed by atoms with E-state index in [-0.39, 0.29) is 47.5 Å². The van der Waals surface area contributed by atoms with E-state index in [1.54, 1.807) is 4.90 Å². The lowest BCUT2D eigenvalue weighted by Crippen LogP contribution is -2.49. The Bertz CT molecular complexity index is 1250. The van der Waals surface area contributed by atoms with Gasteiger partial charge in [-0.1, -0.05) is 25.4 Å². The van der Waals surface area contributed by atoms with Gasteiger partial charge >= 0.3 is 12.4 Å². The Morgan fingerprint density at radius 1 is 1.05 bits per heavy atom.